The molecule has 27 heavy (non-hydrogen) atoms. The standard InChI is InChI=1S/C22H18BrNO3/c1-14(2)13-27-21-11-10-15(23)12-18(21)16-6-3-4-7-17(16)19-8-5-9-20(24-19)22(25)26/h3-12H,1,13H2,2H3,(H,25,26)/p-1. The minimum absolute atomic E-state index is 0.102. The molecule has 1 heterocycles. The molecule has 3 rings (SSSR count). The van der Waals surface area contributed by atoms with Crippen molar-refractivity contribution in [3.05, 3.63) is 83.0 Å². The first kappa shape index (κ1) is 18.9. The second-order valence-corrected chi connectivity index (χ2v) is 7.04. The van der Waals surface area contributed by atoms with Crippen molar-refractivity contribution in [1.82, 2.24) is 4.98 Å². The summed E-state index contributed by atoms with van der Waals surface area (Å²) in [5.41, 5.74) is 3.94. The molecule has 4 nitrogen and oxygen atoms in total. The van der Waals surface area contributed by atoms with Crippen LogP contribution in [0.4, 0.5) is 0 Å². The van der Waals surface area contributed by atoms with Crippen LogP contribution in [-0.2, 0) is 0 Å². The molecule has 0 radical (unpaired) electrons. The molecule has 0 amide bonds. The van der Waals surface area contributed by atoms with Crippen molar-refractivity contribution in [3.8, 4) is 28.1 Å². The number of hydrogen-bond donors (Lipinski definition) is 0. The Kier molecular flexibility index (Phi) is 5.72. The van der Waals surface area contributed by atoms with Gasteiger partial charge in [0, 0.05) is 15.6 Å². The number of benzene rings is 2. The number of ether oxygens (including phenoxy) is 1. The zero-order chi connectivity index (χ0) is 19.4. The van der Waals surface area contributed by atoms with Crippen LogP contribution in [0.2, 0.25) is 0 Å². The van der Waals surface area contributed by atoms with Gasteiger partial charge in [-0.25, -0.2) is 4.98 Å². The fourth-order valence-electron chi connectivity index (χ4n) is 2.68. The number of carbonyl (C=O) groups excluding carboxylic acids is 1. The molecule has 0 aliphatic carbocycles. The number of halogens is 1. The van der Waals surface area contributed by atoms with Gasteiger partial charge in [0.2, 0.25) is 0 Å². The first-order valence-electron chi connectivity index (χ1n) is 8.30. The molecule has 1 aromatic heterocycles. The molecule has 0 N–H and O–H groups in total. The average molecular weight is 423 g/mol. The molecule has 136 valence electrons. The summed E-state index contributed by atoms with van der Waals surface area (Å²) < 4.78 is 6.82. The van der Waals surface area contributed by atoms with Gasteiger partial charge < -0.3 is 14.6 Å². The number of rotatable bonds is 6. The van der Waals surface area contributed by atoms with Crippen LogP contribution >= 0.6 is 15.9 Å². The Morgan fingerprint density at radius 3 is 2.52 bits per heavy atom. The Hall–Kier alpha value is -2.92. The number of nitrogens with zero attached hydrogens (tertiary/aromatic N) is 1. The van der Waals surface area contributed by atoms with Crippen molar-refractivity contribution in [3.63, 3.8) is 0 Å². The van der Waals surface area contributed by atoms with E-state index in [0.29, 0.717) is 18.1 Å². The van der Waals surface area contributed by atoms with Crippen LogP contribution in [0.5, 0.6) is 5.75 Å². The van der Waals surface area contributed by atoms with Crippen molar-refractivity contribution in [2.45, 2.75) is 6.92 Å². The lowest BCUT2D eigenvalue weighted by Crippen LogP contribution is -2.23. The summed E-state index contributed by atoms with van der Waals surface area (Å²) in [5, 5.41) is 11.2. The monoisotopic (exact) mass is 422 g/mol. The third-order valence-electron chi connectivity index (χ3n) is 3.87. The minimum atomic E-state index is -1.30. The highest BCUT2D eigenvalue weighted by Crippen LogP contribution is 2.38. The predicted octanol–water partition coefficient (Wildman–Crippen LogP) is 4.50. The lowest BCUT2D eigenvalue weighted by atomic mass is 9.96. The third kappa shape index (κ3) is 4.44. The van der Waals surface area contributed by atoms with Gasteiger partial charge in [-0.1, -0.05) is 52.8 Å². The second-order valence-electron chi connectivity index (χ2n) is 6.13. The van der Waals surface area contributed by atoms with E-state index in [1.807, 2.05) is 49.4 Å². The van der Waals surface area contributed by atoms with Crippen molar-refractivity contribution >= 4 is 21.9 Å². The Morgan fingerprint density at radius 1 is 1.07 bits per heavy atom. The molecule has 5 heteroatoms. The van der Waals surface area contributed by atoms with Gasteiger partial charge >= 0.3 is 0 Å². The van der Waals surface area contributed by atoms with Gasteiger partial charge in [-0.2, -0.15) is 0 Å². The Bertz CT molecular complexity index is 1010. The van der Waals surface area contributed by atoms with Crippen LogP contribution in [0.15, 0.2) is 77.3 Å². The molecule has 0 fully saturated rings. The van der Waals surface area contributed by atoms with Crippen molar-refractivity contribution in [1.29, 1.82) is 0 Å². The van der Waals surface area contributed by atoms with E-state index in [1.54, 1.807) is 12.1 Å². The smallest absolute Gasteiger partial charge is 0.127 e. The van der Waals surface area contributed by atoms with Crippen molar-refractivity contribution in [2.24, 2.45) is 0 Å². The summed E-state index contributed by atoms with van der Waals surface area (Å²) in [5.74, 6) is -0.591. The first-order chi connectivity index (χ1) is 13.0. The molecular weight excluding hydrogens is 406 g/mol. The van der Waals surface area contributed by atoms with E-state index in [9.17, 15) is 9.90 Å². The Balaban J connectivity index is 2.14. The number of pyridine rings is 1. The van der Waals surface area contributed by atoms with E-state index in [-0.39, 0.29) is 5.69 Å². The van der Waals surface area contributed by atoms with E-state index in [4.69, 9.17) is 4.74 Å². The fourth-order valence-corrected chi connectivity index (χ4v) is 3.04. The third-order valence-corrected chi connectivity index (χ3v) is 4.36. The zero-order valence-corrected chi connectivity index (χ0v) is 16.3. The molecule has 0 bridgehead atoms. The first-order valence-corrected chi connectivity index (χ1v) is 9.10. The lowest BCUT2D eigenvalue weighted by Gasteiger charge is -2.16. The largest absolute Gasteiger partial charge is 0.543 e. The topological polar surface area (TPSA) is 62.2 Å². The van der Waals surface area contributed by atoms with E-state index >= 15 is 0 Å². The molecule has 0 saturated heterocycles. The molecular formula is C22H17BrNO3-. The highest BCUT2D eigenvalue weighted by atomic mass is 79.9. The van der Waals surface area contributed by atoms with Gasteiger partial charge in [0.05, 0.1) is 17.4 Å². The minimum Gasteiger partial charge on any atom is -0.543 e. The second kappa shape index (κ2) is 8.18. The van der Waals surface area contributed by atoms with Crippen LogP contribution in [0.1, 0.15) is 17.4 Å². The molecule has 0 aliphatic rings. The van der Waals surface area contributed by atoms with E-state index < -0.39 is 5.97 Å². The van der Waals surface area contributed by atoms with Crippen LogP contribution in [0.3, 0.4) is 0 Å². The van der Waals surface area contributed by atoms with E-state index in [1.165, 1.54) is 6.07 Å². The van der Waals surface area contributed by atoms with Gasteiger partial charge in [0.25, 0.3) is 0 Å². The molecule has 0 unspecified atom stereocenters. The van der Waals surface area contributed by atoms with E-state index in [0.717, 1.165) is 26.7 Å². The lowest BCUT2D eigenvalue weighted by molar-refractivity contribution is -0.255. The van der Waals surface area contributed by atoms with Crippen LogP contribution in [0, 0.1) is 0 Å². The average Bonchev–Trinajstić information content (AvgIpc) is 2.67. The maximum Gasteiger partial charge on any atom is 0.127 e. The van der Waals surface area contributed by atoms with Gasteiger partial charge in [-0.05, 0) is 48.4 Å². The number of carboxylic acid groups (broad SMARTS) is 1. The molecule has 0 aliphatic heterocycles. The highest BCUT2D eigenvalue weighted by molar-refractivity contribution is 9.10. The Morgan fingerprint density at radius 2 is 1.81 bits per heavy atom. The number of carboxylic acids is 1. The Labute approximate surface area is 166 Å². The molecule has 0 saturated carbocycles. The van der Waals surface area contributed by atoms with Gasteiger partial charge in [-0.15, -0.1) is 0 Å². The summed E-state index contributed by atoms with van der Waals surface area (Å²) in [6.07, 6.45) is 0. The van der Waals surface area contributed by atoms with Crippen LogP contribution < -0.4 is 9.84 Å². The van der Waals surface area contributed by atoms with Crippen LogP contribution in [-0.4, -0.2) is 17.6 Å². The van der Waals surface area contributed by atoms with Gasteiger partial charge in [0.15, 0.2) is 0 Å². The summed E-state index contributed by atoms with van der Waals surface area (Å²) in [7, 11) is 0. The number of hydrogen-bond acceptors (Lipinski definition) is 4. The quantitative estimate of drug-likeness (QED) is 0.548. The van der Waals surface area contributed by atoms with Gasteiger partial charge in [-0.3, -0.25) is 0 Å². The number of carbonyl (C=O) groups is 1. The molecule has 2 aromatic carbocycles. The predicted molar refractivity (Wildman–Crippen MR) is 107 cm³/mol. The summed E-state index contributed by atoms with van der Waals surface area (Å²) in [6, 6.07) is 18.3. The summed E-state index contributed by atoms with van der Waals surface area (Å²) >= 11 is 3.51. The molecule has 0 spiro atoms. The SMILES string of the molecule is C=C(C)COc1ccc(Br)cc1-c1ccccc1-c1cccc(C(=O)[O-])n1. The summed E-state index contributed by atoms with van der Waals surface area (Å²) in [6.45, 7) is 6.19. The van der Waals surface area contributed by atoms with Gasteiger partial charge in [0.1, 0.15) is 12.4 Å². The fraction of sp³-hybridized carbons (Fsp3) is 0.0909. The number of aromatic carboxylic acids is 1. The van der Waals surface area contributed by atoms with E-state index in [2.05, 4.69) is 27.5 Å². The normalized spacial score (nSPS) is 10.4. The van der Waals surface area contributed by atoms with Crippen molar-refractivity contribution in [2.75, 3.05) is 6.61 Å². The van der Waals surface area contributed by atoms with Crippen LogP contribution in [0.25, 0.3) is 22.4 Å². The summed E-state index contributed by atoms with van der Waals surface area (Å²) in [4.78, 5) is 15.4. The van der Waals surface area contributed by atoms with Crippen molar-refractivity contribution < 1.29 is 14.6 Å². The zero-order valence-electron chi connectivity index (χ0n) is 14.7. The number of aromatic nitrogens is 1. The maximum absolute atomic E-state index is 11.2. The molecule has 0 atom stereocenters. The maximum atomic E-state index is 11.2. The highest BCUT2D eigenvalue weighted by Gasteiger charge is 2.14. The molecule has 3 aromatic rings.